The van der Waals surface area contributed by atoms with Crippen molar-refractivity contribution < 1.29 is 14.3 Å². The quantitative estimate of drug-likeness (QED) is 0.691. The van der Waals surface area contributed by atoms with E-state index in [-0.39, 0.29) is 29.8 Å². The lowest BCUT2D eigenvalue weighted by molar-refractivity contribution is 0.0897. The number of hydrogen-bond donors (Lipinski definition) is 3. The number of aliphatic hydroxyl groups is 1. The number of nitrogen functional groups attached to an aromatic ring is 1. The Morgan fingerprint density at radius 3 is 2.71 bits per heavy atom. The number of para-hydroxylation sites is 1. The van der Waals surface area contributed by atoms with Crippen LogP contribution in [0.15, 0.2) is 18.2 Å². The highest BCUT2D eigenvalue weighted by atomic mass is 19.1. The molecule has 4 N–H and O–H groups in total. The Bertz CT molecular complexity index is 407. The Balaban J connectivity index is 2.86. The summed E-state index contributed by atoms with van der Waals surface area (Å²) in [6, 6.07) is 3.69. The Hall–Kier alpha value is -1.62. The van der Waals surface area contributed by atoms with Gasteiger partial charge < -0.3 is 16.2 Å². The second kappa shape index (κ2) is 5.63. The van der Waals surface area contributed by atoms with Crippen LogP contribution in [0.2, 0.25) is 0 Å². The third-order valence-electron chi connectivity index (χ3n) is 2.62. The van der Waals surface area contributed by atoms with Gasteiger partial charge in [-0.25, -0.2) is 4.39 Å². The van der Waals surface area contributed by atoms with Crippen molar-refractivity contribution >= 4 is 11.6 Å². The maximum absolute atomic E-state index is 13.2. The van der Waals surface area contributed by atoms with Crippen molar-refractivity contribution in [3.05, 3.63) is 29.6 Å². The van der Waals surface area contributed by atoms with Crippen molar-refractivity contribution in [3.63, 3.8) is 0 Å². The molecule has 0 aromatic heterocycles. The fraction of sp³-hybridized carbons (Fsp3) is 0.417. The second-order valence-corrected chi connectivity index (χ2v) is 4.21. The number of carbonyl (C=O) groups excluding carboxylic acids is 1. The van der Waals surface area contributed by atoms with E-state index in [2.05, 4.69) is 5.32 Å². The number of halogens is 1. The SMILES string of the molecule is CC(C)[C@@H](CO)NC(=O)c1cccc(F)c1N. The van der Waals surface area contributed by atoms with Crippen molar-refractivity contribution in [1.29, 1.82) is 0 Å². The Labute approximate surface area is 99.6 Å². The van der Waals surface area contributed by atoms with Crippen LogP contribution in [0.1, 0.15) is 24.2 Å². The normalized spacial score (nSPS) is 12.5. The molecule has 1 rings (SSSR count). The van der Waals surface area contributed by atoms with E-state index in [1.807, 2.05) is 13.8 Å². The monoisotopic (exact) mass is 240 g/mol. The first-order valence-corrected chi connectivity index (χ1v) is 5.43. The van der Waals surface area contributed by atoms with Gasteiger partial charge in [-0.3, -0.25) is 4.79 Å². The summed E-state index contributed by atoms with van der Waals surface area (Å²) in [5, 5.41) is 11.7. The maximum Gasteiger partial charge on any atom is 0.253 e. The fourth-order valence-electron chi connectivity index (χ4n) is 1.40. The summed E-state index contributed by atoms with van der Waals surface area (Å²) in [6.07, 6.45) is 0. The first kappa shape index (κ1) is 13.4. The van der Waals surface area contributed by atoms with E-state index in [9.17, 15) is 9.18 Å². The largest absolute Gasteiger partial charge is 0.396 e. The van der Waals surface area contributed by atoms with Crippen LogP contribution in [-0.4, -0.2) is 23.7 Å². The lowest BCUT2D eigenvalue weighted by Crippen LogP contribution is -2.41. The summed E-state index contributed by atoms with van der Waals surface area (Å²) in [5.41, 5.74) is 5.39. The number of nitrogens with two attached hydrogens (primary N) is 1. The molecular formula is C12H17FN2O2. The van der Waals surface area contributed by atoms with Gasteiger partial charge in [-0.05, 0) is 18.1 Å². The van der Waals surface area contributed by atoms with Crippen LogP contribution < -0.4 is 11.1 Å². The van der Waals surface area contributed by atoms with Crippen LogP contribution in [0.25, 0.3) is 0 Å². The van der Waals surface area contributed by atoms with E-state index in [1.54, 1.807) is 0 Å². The van der Waals surface area contributed by atoms with Crippen LogP contribution in [0, 0.1) is 11.7 Å². The molecule has 17 heavy (non-hydrogen) atoms. The van der Waals surface area contributed by atoms with Crippen LogP contribution in [-0.2, 0) is 0 Å². The molecule has 1 atom stereocenters. The van der Waals surface area contributed by atoms with Gasteiger partial charge in [-0.1, -0.05) is 19.9 Å². The fourth-order valence-corrected chi connectivity index (χ4v) is 1.40. The number of benzene rings is 1. The number of anilines is 1. The van der Waals surface area contributed by atoms with Crippen LogP contribution in [0.4, 0.5) is 10.1 Å². The van der Waals surface area contributed by atoms with Gasteiger partial charge in [0.05, 0.1) is 23.9 Å². The number of aliphatic hydroxyl groups excluding tert-OH is 1. The zero-order valence-corrected chi connectivity index (χ0v) is 9.90. The van der Waals surface area contributed by atoms with Crippen LogP contribution >= 0.6 is 0 Å². The van der Waals surface area contributed by atoms with Gasteiger partial charge in [0.15, 0.2) is 0 Å². The first-order valence-electron chi connectivity index (χ1n) is 5.43. The van der Waals surface area contributed by atoms with Gasteiger partial charge >= 0.3 is 0 Å². The lowest BCUT2D eigenvalue weighted by atomic mass is 10.0. The zero-order valence-electron chi connectivity index (χ0n) is 9.90. The molecule has 0 spiro atoms. The van der Waals surface area contributed by atoms with E-state index >= 15 is 0 Å². The van der Waals surface area contributed by atoms with E-state index in [0.717, 1.165) is 0 Å². The minimum Gasteiger partial charge on any atom is -0.396 e. The van der Waals surface area contributed by atoms with E-state index in [0.29, 0.717) is 0 Å². The van der Waals surface area contributed by atoms with Gasteiger partial charge in [0, 0.05) is 0 Å². The Morgan fingerprint density at radius 1 is 1.53 bits per heavy atom. The molecule has 0 heterocycles. The predicted octanol–water partition coefficient (Wildman–Crippen LogP) is 1.15. The summed E-state index contributed by atoms with van der Waals surface area (Å²) in [7, 11) is 0. The van der Waals surface area contributed by atoms with E-state index < -0.39 is 11.7 Å². The highest BCUT2D eigenvalue weighted by Gasteiger charge is 2.18. The van der Waals surface area contributed by atoms with E-state index in [4.69, 9.17) is 10.8 Å². The molecule has 0 unspecified atom stereocenters. The molecule has 1 aromatic carbocycles. The first-order chi connectivity index (χ1) is 7.97. The molecule has 0 aliphatic carbocycles. The third kappa shape index (κ3) is 3.17. The Morgan fingerprint density at radius 2 is 2.18 bits per heavy atom. The van der Waals surface area contributed by atoms with Gasteiger partial charge in [0.25, 0.3) is 5.91 Å². The van der Waals surface area contributed by atoms with Gasteiger partial charge in [0.1, 0.15) is 5.82 Å². The third-order valence-corrected chi connectivity index (χ3v) is 2.62. The minimum atomic E-state index is -0.622. The molecular weight excluding hydrogens is 223 g/mol. The van der Waals surface area contributed by atoms with Gasteiger partial charge in [0.2, 0.25) is 0 Å². The van der Waals surface area contributed by atoms with Crippen LogP contribution in [0.5, 0.6) is 0 Å². The summed E-state index contributed by atoms with van der Waals surface area (Å²) in [6.45, 7) is 3.57. The summed E-state index contributed by atoms with van der Waals surface area (Å²) in [5.74, 6) is -1.02. The Kier molecular flexibility index (Phi) is 4.45. The highest BCUT2D eigenvalue weighted by molar-refractivity contribution is 5.99. The molecule has 0 bridgehead atoms. The average Bonchev–Trinajstić information content (AvgIpc) is 2.28. The van der Waals surface area contributed by atoms with Gasteiger partial charge in [-0.2, -0.15) is 0 Å². The molecule has 0 aliphatic rings. The number of carbonyl (C=O) groups is 1. The van der Waals surface area contributed by atoms with Crippen molar-refractivity contribution in [2.45, 2.75) is 19.9 Å². The highest BCUT2D eigenvalue weighted by Crippen LogP contribution is 2.16. The number of nitrogens with one attached hydrogen (secondary N) is 1. The van der Waals surface area contributed by atoms with Crippen molar-refractivity contribution in [2.75, 3.05) is 12.3 Å². The summed E-state index contributed by atoms with van der Waals surface area (Å²) >= 11 is 0. The molecule has 1 aromatic rings. The summed E-state index contributed by atoms with van der Waals surface area (Å²) in [4.78, 5) is 11.8. The molecule has 0 saturated carbocycles. The molecule has 0 radical (unpaired) electrons. The molecule has 4 nitrogen and oxygen atoms in total. The zero-order chi connectivity index (χ0) is 13.0. The molecule has 5 heteroatoms. The average molecular weight is 240 g/mol. The number of hydrogen-bond acceptors (Lipinski definition) is 3. The van der Waals surface area contributed by atoms with E-state index in [1.165, 1.54) is 18.2 Å². The summed E-state index contributed by atoms with van der Waals surface area (Å²) < 4.78 is 13.2. The number of rotatable bonds is 4. The lowest BCUT2D eigenvalue weighted by Gasteiger charge is -2.20. The topological polar surface area (TPSA) is 75.3 Å². The van der Waals surface area contributed by atoms with Crippen molar-refractivity contribution in [3.8, 4) is 0 Å². The molecule has 0 saturated heterocycles. The van der Waals surface area contributed by atoms with Gasteiger partial charge in [-0.15, -0.1) is 0 Å². The molecule has 0 fully saturated rings. The molecule has 94 valence electrons. The molecule has 0 aliphatic heterocycles. The van der Waals surface area contributed by atoms with Crippen molar-refractivity contribution in [2.24, 2.45) is 5.92 Å². The second-order valence-electron chi connectivity index (χ2n) is 4.21. The van der Waals surface area contributed by atoms with Crippen LogP contribution in [0.3, 0.4) is 0 Å². The maximum atomic E-state index is 13.2. The standard InChI is InChI=1S/C12H17FN2O2/c1-7(2)10(6-16)15-12(17)8-4-3-5-9(13)11(8)14/h3-5,7,10,16H,6,14H2,1-2H3,(H,15,17)/t10-/m1/s1. The smallest absolute Gasteiger partial charge is 0.253 e. The minimum absolute atomic E-state index is 0.0822. The molecule has 1 amide bonds. The van der Waals surface area contributed by atoms with Crippen molar-refractivity contribution in [1.82, 2.24) is 5.32 Å². The number of amides is 1. The predicted molar refractivity (Wildman–Crippen MR) is 64.0 cm³/mol.